The van der Waals surface area contributed by atoms with Crippen molar-refractivity contribution in [1.29, 1.82) is 0 Å². The lowest BCUT2D eigenvalue weighted by atomic mass is 9.84. The van der Waals surface area contributed by atoms with Crippen molar-refractivity contribution in [3.05, 3.63) is 229 Å². The van der Waals surface area contributed by atoms with Gasteiger partial charge in [0.05, 0.1) is 0 Å². The molecule has 0 bridgehead atoms. The number of benzene rings is 13. The van der Waals surface area contributed by atoms with Crippen LogP contribution in [-0.2, 0) is 0 Å². The van der Waals surface area contributed by atoms with E-state index in [4.69, 9.17) is 0 Å². The molecular weight excluding hydrogens is 793 g/mol. The van der Waals surface area contributed by atoms with E-state index in [9.17, 15) is 0 Å². The Bertz CT molecular complexity index is 3930. The molecular formula is C66H46. The van der Waals surface area contributed by atoms with Crippen LogP contribution < -0.4 is 0 Å². The Morgan fingerprint density at radius 3 is 1.05 bits per heavy atom. The highest BCUT2D eigenvalue weighted by molar-refractivity contribution is 6.23. The summed E-state index contributed by atoms with van der Waals surface area (Å²) < 4.78 is 0. The maximum atomic E-state index is 2.46. The van der Waals surface area contributed by atoms with Crippen LogP contribution in [0.5, 0.6) is 0 Å². The molecule has 0 saturated heterocycles. The van der Waals surface area contributed by atoms with Crippen LogP contribution in [0.25, 0.3) is 131 Å². The van der Waals surface area contributed by atoms with Gasteiger partial charge in [-0.3, -0.25) is 0 Å². The fraction of sp³-hybridized carbons (Fsp3) is 0.0606. The number of hydrogen-bond acceptors (Lipinski definition) is 0. The molecule has 0 aromatic heterocycles. The summed E-state index contributed by atoms with van der Waals surface area (Å²) in [5, 5.41) is 20.5. The molecule has 0 saturated carbocycles. The molecule has 0 unspecified atom stereocenters. The molecule has 0 aliphatic rings. The Labute approximate surface area is 385 Å². The van der Waals surface area contributed by atoms with Gasteiger partial charge in [-0.25, -0.2) is 0 Å². The second-order valence-corrected chi connectivity index (χ2v) is 18.5. The molecule has 0 N–H and O–H groups in total. The number of hydrogen-bond donors (Lipinski definition) is 0. The highest BCUT2D eigenvalue weighted by Gasteiger charge is 2.21. The van der Waals surface area contributed by atoms with E-state index >= 15 is 0 Å². The van der Waals surface area contributed by atoms with Gasteiger partial charge < -0.3 is 0 Å². The monoisotopic (exact) mass is 838 g/mol. The SMILES string of the molecule is Cc1ccc(-c2c3ccccc3cc3cccc(-c4ccc5c(c4)c(C)c(C)c4cc(-c6cccc7cc8ccccc8c(-c8ccc(C)c9ccccc89)c67)ccc45)c23)c2ccccc12. The fourth-order valence-electron chi connectivity index (χ4n) is 11.5. The Hall–Kier alpha value is -8.06. The molecule has 0 atom stereocenters. The summed E-state index contributed by atoms with van der Waals surface area (Å²) in [5.74, 6) is 0. The van der Waals surface area contributed by atoms with Crippen molar-refractivity contribution in [1.82, 2.24) is 0 Å². The predicted molar refractivity (Wildman–Crippen MR) is 287 cm³/mol. The second kappa shape index (κ2) is 14.7. The molecule has 0 aliphatic heterocycles. The third kappa shape index (κ3) is 5.71. The Kier molecular flexibility index (Phi) is 8.58. The Morgan fingerprint density at radius 1 is 0.227 bits per heavy atom. The highest BCUT2D eigenvalue weighted by atomic mass is 14.2. The second-order valence-electron chi connectivity index (χ2n) is 18.5. The predicted octanol–water partition coefficient (Wildman–Crippen LogP) is 18.8. The molecule has 0 heteroatoms. The van der Waals surface area contributed by atoms with Gasteiger partial charge in [0, 0.05) is 0 Å². The smallest absolute Gasteiger partial charge is 0.00143 e. The molecule has 0 fully saturated rings. The zero-order chi connectivity index (χ0) is 44.2. The van der Waals surface area contributed by atoms with Crippen LogP contribution in [0.3, 0.4) is 0 Å². The third-order valence-electron chi connectivity index (χ3n) is 14.9. The minimum absolute atomic E-state index is 1.23. The summed E-state index contributed by atoms with van der Waals surface area (Å²) in [5.41, 5.74) is 15.4. The van der Waals surface area contributed by atoms with Crippen LogP contribution in [0.4, 0.5) is 0 Å². The quantitative estimate of drug-likeness (QED) is 0.122. The molecule has 310 valence electrons. The van der Waals surface area contributed by atoms with E-state index < -0.39 is 0 Å². The van der Waals surface area contributed by atoms with Gasteiger partial charge in [0.15, 0.2) is 0 Å². The Morgan fingerprint density at radius 2 is 0.606 bits per heavy atom. The largest absolute Gasteiger partial charge is 0.0616 e. The molecule has 13 rings (SSSR count). The van der Waals surface area contributed by atoms with Crippen LogP contribution in [0.1, 0.15) is 22.3 Å². The van der Waals surface area contributed by atoms with Crippen molar-refractivity contribution in [2.45, 2.75) is 27.7 Å². The van der Waals surface area contributed by atoms with E-state index in [1.807, 2.05) is 0 Å². The summed E-state index contributed by atoms with van der Waals surface area (Å²) in [6.07, 6.45) is 0. The van der Waals surface area contributed by atoms with Crippen LogP contribution in [-0.4, -0.2) is 0 Å². The standard InChI is InChI=1S/C66H46/c1-39-27-31-59(55-23-11-9-19-49(39)55)65-53-21-7-5-15-43(53)35-47-17-13-25-51(63(47)65)45-29-33-57-58-34-30-46(38-62(58)42(4)41(3)61(57)37-45)52-26-14-18-48-36-44-16-6-8-22-54(44)66(64(48)52)60-32-28-40(2)50-20-10-12-24-56(50)60/h5-38H,1-4H3. The van der Waals surface area contributed by atoms with Gasteiger partial charge in [-0.2, -0.15) is 0 Å². The summed E-state index contributed by atoms with van der Waals surface area (Å²) in [6.45, 7) is 9.08. The maximum Gasteiger partial charge on any atom is -0.00143 e. The average Bonchev–Trinajstić information content (AvgIpc) is 3.36. The number of aryl methyl sites for hydroxylation is 4. The van der Waals surface area contributed by atoms with Gasteiger partial charge in [0.25, 0.3) is 0 Å². The topological polar surface area (TPSA) is 0 Å². The zero-order valence-electron chi connectivity index (χ0n) is 37.6. The summed E-state index contributed by atoms with van der Waals surface area (Å²) in [6, 6.07) is 77.7. The van der Waals surface area contributed by atoms with Crippen molar-refractivity contribution in [3.8, 4) is 44.5 Å². The van der Waals surface area contributed by atoms with Crippen LogP contribution in [0, 0.1) is 27.7 Å². The van der Waals surface area contributed by atoms with Crippen molar-refractivity contribution < 1.29 is 0 Å². The van der Waals surface area contributed by atoms with E-state index in [0.717, 1.165) is 0 Å². The zero-order valence-corrected chi connectivity index (χ0v) is 37.6. The summed E-state index contributed by atoms with van der Waals surface area (Å²) in [4.78, 5) is 0. The maximum absolute atomic E-state index is 2.46. The van der Waals surface area contributed by atoms with Gasteiger partial charge >= 0.3 is 0 Å². The van der Waals surface area contributed by atoms with Crippen molar-refractivity contribution in [2.24, 2.45) is 0 Å². The van der Waals surface area contributed by atoms with Crippen molar-refractivity contribution >= 4 is 86.2 Å². The molecule has 66 heavy (non-hydrogen) atoms. The molecule has 0 aliphatic carbocycles. The minimum Gasteiger partial charge on any atom is -0.0616 e. The number of rotatable bonds is 4. The summed E-state index contributed by atoms with van der Waals surface area (Å²) in [7, 11) is 0. The van der Waals surface area contributed by atoms with Gasteiger partial charge in [0.2, 0.25) is 0 Å². The van der Waals surface area contributed by atoms with E-state index in [0.29, 0.717) is 0 Å². The first-order valence-corrected chi connectivity index (χ1v) is 23.2. The molecule has 0 radical (unpaired) electrons. The third-order valence-corrected chi connectivity index (χ3v) is 14.9. The molecule has 0 nitrogen and oxygen atoms in total. The fourth-order valence-corrected chi connectivity index (χ4v) is 11.5. The lowest BCUT2D eigenvalue weighted by molar-refractivity contribution is 1.41. The lowest BCUT2D eigenvalue weighted by Crippen LogP contribution is -1.93. The Balaban J connectivity index is 1.02. The van der Waals surface area contributed by atoms with Gasteiger partial charge in [-0.1, -0.05) is 182 Å². The van der Waals surface area contributed by atoms with Crippen LogP contribution >= 0.6 is 0 Å². The number of fused-ring (bicyclic) bond motifs is 9. The summed E-state index contributed by atoms with van der Waals surface area (Å²) >= 11 is 0. The van der Waals surface area contributed by atoms with E-state index in [-0.39, 0.29) is 0 Å². The van der Waals surface area contributed by atoms with Crippen LogP contribution in [0.2, 0.25) is 0 Å². The first-order valence-electron chi connectivity index (χ1n) is 23.2. The van der Waals surface area contributed by atoms with Crippen molar-refractivity contribution in [3.63, 3.8) is 0 Å². The molecule has 0 heterocycles. The highest BCUT2D eigenvalue weighted by Crippen LogP contribution is 2.47. The molecule has 13 aromatic carbocycles. The van der Waals surface area contributed by atoms with E-state index in [1.165, 1.54) is 153 Å². The molecule has 0 spiro atoms. The van der Waals surface area contributed by atoms with E-state index in [1.54, 1.807) is 0 Å². The average molecular weight is 839 g/mol. The van der Waals surface area contributed by atoms with Gasteiger partial charge in [0.1, 0.15) is 0 Å². The molecule has 0 amide bonds. The van der Waals surface area contributed by atoms with Gasteiger partial charge in [-0.15, -0.1) is 0 Å². The minimum atomic E-state index is 1.23. The molecule has 13 aromatic rings. The first-order chi connectivity index (χ1) is 32.4. The van der Waals surface area contributed by atoms with E-state index in [2.05, 4.69) is 234 Å². The van der Waals surface area contributed by atoms with Gasteiger partial charge in [-0.05, 0) is 205 Å². The lowest BCUT2D eigenvalue weighted by Gasteiger charge is -2.20. The van der Waals surface area contributed by atoms with Crippen LogP contribution in [0.15, 0.2) is 206 Å². The van der Waals surface area contributed by atoms with Crippen molar-refractivity contribution in [2.75, 3.05) is 0 Å². The normalized spacial score (nSPS) is 11.9. The first kappa shape index (κ1) is 38.4.